The van der Waals surface area contributed by atoms with Crippen molar-refractivity contribution in [3.05, 3.63) is 17.1 Å². The molecule has 0 N–H and O–H groups in total. The maximum Gasteiger partial charge on any atom is 0.268 e. The molecule has 0 bridgehead atoms. The Morgan fingerprint density at radius 2 is 1.69 bits per heavy atom. The van der Waals surface area contributed by atoms with Crippen LogP contribution >= 0.6 is 19.2 Å². The van der Waals surface area contributed by atoms with E-state index in [0.717, 1.165) is 12.8 Å². The van der Waals surface area contributed by atoms with E-state index < -0.39 is 7.82 Å². The minimum Gasteiger partial charge on any atom is -0.756 e. The first-order chi connectivity index (χ1) is 15.6. The minimum atomic E-state index is -4.27. The number of unbranched alkanes of at least 4 members (excludes halogenated alkanes) is 11. The lowest BCUT2D eigenvalue weighted by atomic mass is 9.97. The molecule has 1 aliphatic rings. The van der Waals surface area contributed by atoms with Gasteiger partial charge in [0.1, 0.15) is 6.61 Å². The van der Waals surface area contributed by atoms with Crippen molar-refractivity contribution in [2.45, 2.75) is 109 Å². The second kappa shape index (κ2) is 17.2. The molecule has 0 aliphatic carbocycles. The van der Waals surface area contributed by atoms with Crippen molar-refractivity contribution >= 4 is 19.2 Å². The molecule has 6 nitrogen and oxygen atoms in total. The van der Waals surface area contributed by atoms with Gasteiger partial charge in [-0.1, -0.05) is 95.3 Å². The molecule has 0 radical (unpaired) electrons. The standard InChI is InChI=1S/C24H44NO5PS/c1-2-3-4-5-6-7-8-9-10-11-12-13-14-23-19-24(28-20-23)21-30-31(26,27)29-17-15-25-16-18-32-22-25/h16,18,22-24H,2-15,17,19-21H2,1H3. The quantitative estimate of drug-likeness (QED) is 0.127. The molecular weight excluding hydrogens is 445 g/mol. The summed E-state index contributed by atoms with van der Waals surface area (Å²) in [5.41, 5.74) is 1.91. The van der Waals surface area contributed by atoms with E-state index in [1.54, 1.807) is 11.3 Å². The predicted molar refractivity (Wildman–Crippen MR) is 128 cm³/mol. The van der Waals surface area contributed by atoms with Crippen LogP contribution in [-0.4, -0.2) is 25.9 Å². The third-order valence-corrected chi connectivity index (χ3v) is 7.81. The average molecular weight is 490 g/mol. The summed E-state index contributed by atoms with van der Waals surface area (Å²) in [6.07, 6.45) is 20.1. The van der Waals surface area contributed by atoms with Gasteiger partial charge in [0, 0.05) is 6.61 Å². The van der Waals surface area contributed by atoms with Gasteiger partial charge in [-0.25, -0.2) is 0 Å². The summed E-state index contributed by atoms with van der Waals surface area (Å²) in [5, 5.41) is 1.93. The summed E-state index contributed by atoms with van der Waals surface area (Å²) in [6.45, 7) is 3.60. The van der Waals surface area contributed by atoms with Gasteiger partial charge < -0.3 is 18.7 Å². The van der Waals surface area contributed by atoms with Crippen LogP contribution < -0.4 is 9.46 Å². The maximum atomic E-state index is 11.9. The summed E-state index contributed by atoms with van der Waals surface area (Å²) in [7, 11) is -4.27. The molecule has 1 saturated heterocycles. The highest BCUT2D eigenvalue weighted by molar-refractivity contribution is 7.45. The van der Waals surface area contributed by atoms with E-state index in [0.29, 0.717) is 19.1 Å². The number of thiazole rings is 1. The largest absolute Gasteiger partial charge is 0.756 e. The monoisotopic (exact) mass is 489 g/mol. The highest BCUT2D eigenvalue weighted by Crippen LogP contribution is 2.39. The average Bonchev–Trinajstić information content (AvgIpc) is 3.45. The first-order valence-electron chi connectivity index (χ1n) is 12.7. The van der Waals surface area contributed by atoms with Crippen molar-refractivity contribution in [3.8, 4) is 0 Å². The van der Waals surface area contributed by atoms with Gasteiger partial charge >= 0.3 is 0 Å². The fourth-order valence-electron chi connectivity index (χ4n) is 4.23. The molecule has 3 unspecified atom stereocenters. The van der Waals surface area contributed by atoms with E-state index in [9.17, 15) is 9.46 Å². The zero-order valence-electron chi connectivity index (χ0n) is 20.0. The van der Waals surface area contributed by atoms with Gasteiger partial charge in [0.25, 0.3) is 7.82 Å². The molecule has 1 aromatic heterocycles. The third kappa shape index (κ3) is 13.4. The van der Waals surface area contributed by atoms with Gasteiger partial charge in [-0.2, -0.15) is 4.57 Å². The van der Waals surface area contributed by atoms with Crippen LogP contribution in [-0.2, 0) is 24.9 Å². The molecule has 1 aliphatic heterocycles. The Morgan fingerprint density at radius 1 is 1.03 bits per heavy atom. The Hall–Kier alpha value is -0.300. The maximum absolute atomic E-state index is 11.9. The summed E-state index contributed by atoms with van der Waals surface area (Å²) in [4.78, 5) is 11.9. The first kappa shape index (κ1) is 27.9. The second-order valence-corrected chi connectivity index (χ2v) is 11.2. The SMILES string of the molecule is CCCCCCCCCCCCCCC1COC(COP(=O)([O-])OCC[n+]2ccsc2)C1. The normalized spacial score (nSPS) is 20.6. The number of hydrogen-bond donors (Lipinski definition) is 0. The summed E-state index contributed by atoms with van der Waals surface area (Å²) >= 11 is 1.55. The fraction of sp³-hybridized carbons (Fsp3) is 0.875. The lowest BCUT2D eigenvalue weighted by Crippen LogP contribution is -2.33. The van der Waals surface area contributed by atoms with E-state index in [2.05, 4.69) is 6.92 Å². The lowest BCUT2D eigenvalue weighted by molar-refractivity contribution is -0.693. The lowest BCUT2D eigenvalue weighted by Gasteiger charge is -2.23. The van der Waals surface area contributed by atoms with Crippen LogP contribution in [0.1, 0.15) is 96.8 Å². The molecule has 1 fully saturated rings. The summed E-state index contributed by atoms with van der Waals surface area (Å²) in [6, 6.07) is 0. The van der Waals surface area contributed by atoms with Crippen molar-refractivity contribution in [2.75, 3.05) is 19.8 Å². The van der Waals surface area contributed by atoms with E-state index in [1.807, 2.05) is 21.7 Å². The molecule has 186 valence electrons. The third-order valence-electron chi connectivity index (χ3n) is 6.17. The molecule has 0 saturated carbocycles. The number of phosphoric acid groups is 1. The summed E-state index contributed by atoms with van der Waals surface area (Å²) < 4.78 is 29.5. The molecule has 8 heteroatoms. The Kier molecular flexibility index (Phi) is 15.0. The smallest absolute Gasteiger partial charge is 0.268 e. The number of aromatic nitrogens is 1. The number of rotatable bonds is 20. The zero-order chi connectivity index (χ0) is 22.9. The first-order valence-corrected chi connectivity index (χ1v) is 15.1. The van der Waals surface area contributed by atoms with Crippen molar-refractivity contribution < 1.29 is 27.8 Å². The Bertz CT molecular complexity index is 616. The molecule has 2 rings (SSSR count). The molecule has 0 amide bonds. The van der Waals surface area contributed by atoms with Crippen LogP contribution in [0.25, 0.3) is 0 Å². The van der Waals surface area contributed by atoms with E-state index in [-0.39, 0.29) is 19.3 Å². The Balaban J connectivity index is 1.40. The van der Waals surface area contributed by atoms with Crippen LogP contribution in [0.15, 0.2) is 17.1 Å². The van der Waals surface area contributed by atoms with E-state index >= 15 is 0 Å². The highest BCUT2D eigenvalue weighted by Gasteiger charge is 2.26. The topological polar surface area (TPSA) is 71.7 Å². The number of nitrogens with zero attached hydrogens (tertiary/aromatic N) is 1. The minimum absolute atomic E-state index is 0.0569. The van der Waals surface area contributed by atoms with Gasteiger partial charge in [-0.05, 0) is 18.8 Å². The molecule has 3 atom stereocenters. The van der Waals surface area contributed by atoms with Gasteiger partial charge in [-0.3, -0.25) is 4.57 Å². The number of phosphoric ester groups is 1. The van der Waals surface area contributed by atoms with Crippen LogP contribution in [0.2, 0.25) is 0 Å². The van der Waals surface area contributed by atoms with Gasteiger partial charge in [0.2, 0.25) is 5.51 Å². The number of hydrogen-bond acceptors (Lipinski definition) is 6. The zero-order valence-corrected chi connectivity index (χ0v) is 21.7. The number of ether oxygens (including phenoxy) is 1. The van der Waals surface area contributed by atoms with Crippen LogP contribution in [0, 0.1) is 5.92 Å². The van der Waals surface area contributed by atoms with Crippen molar-refractivity contribution in [2.24, 2.45) is 5.92 Å². The van der Waals surface area contributed by atoms with Crippen molar-refractivity contribution in [3.63, 3.8) is 0 Å². The Labute approximate surface area is 199 Å². The fourth-order valence-corrected chi connectivity index (χ4v) is 5.59. The molecule has 0 spiro atoms. The Morgan fingerprint density at radius 3 is 2.31 bits per heavy atom. The molecule has 0 aromatic carbocycles. The van der Waals surface area contributed by atoms with Crippen molar-refractivity contribution in [1.82, 2.24) is 0 Å². The molecular formula is C24H44NO5PS. The van der Waals surface area contributed by atoms with E-state index in [1.165, 1.54) is 77.0 Å². The highest BCUT2D eigenvalue weighted by atomic mass is 32.1. The molecule has 1 aromatic rings. The molecule has 2 heterocycles. The van der Waals surface area contributed by atoms with Gasteiger partial charge in [0.05, 0.1) is 18.1 Å². The van der Waals surface area contributed by atoms with E-state index in [4.69, 9.17) is 13.8 Å². The van der Waals surface area contributed by atoms with Crippen molar-refractivity contribution in [1.29, 1.82) is 0 Å². The van der Waals surface area contributed by atoms with Crippen LogP contribution in [0.3, 0.4) is 0 Å². The van der Waals surface area contributed by atoms with Crippen LogP contribution in [0.4, 0.5) is 0 Å². The predicted octanol–water partition coefficient (Wildman–Crippen LogP) is 6.03. The second-order valence-electron chi connectivity index (χ2n) is 9.08. The molecule has 32 heavy (non-hydrogen) atoms. The summed E-state index contributed by atoms with van der Waals surface area (Å²) in [5.74, 6) is 0.522. The van der Waals surface area contributed by atoms with Gasteiger partial charge in [0.15, 0.2) is 12.7 Å². The van der Waals surface area contributed by atoms with Crippen LogP contribution in [0.5, 0.6) is 0 Å². The van der Waals surface area contributed by atoms with Gasteiger partial charge in [-0.15, -0.1) is 0 Å².